The summed E-state index contributed by atoms with van der Waals surface area (Å²) in [5, 5.41) is 14.3. The minimum atomic E-state index is -0.713. The monoisotopic (exact) mass is 524 g/mol. The molecular weight excluding hydrogens is 488 g/mol. The Morgan fingerprint density at radius 3 is 2.55 bits per heavy atom. The number of nitrogens with two attached hydrogens (primary N) is 1. The summed E-state index contributed by atoms with van der Waals surface area (Å²) >= 11 is 0. The number of aromatic hydroxyl groups is 1. The first kappa shape index (κ1) is 26.4. The van der Waals surface area contributed by atoms with Crippen LogP contribution in [0.15, 0.2) is 28.5 Å². The summed E-state index contributed by atoms with van der Waals surface area (Å²) in [7, 11) is 4.98. The second-order valence-corrected chi connectivity index (χ2v) is 10.8. The van der Waals surface area contributed by atoms with Crippen molar-refractivity contribution < 1.29 is 29.0 Å². The summed E-state index contributed by atoms with van der Waals surface area (Å²) in [6, 6.07) is 0.461. The zero-order chi connectivity index (χ0) is 27.6. The molecule has 0 radical (unpaired) electrons. The Labute approximate surface area is 222 Å². The number of piperazine rings is 1. The van der Waals surface area contributed by atoms with Gasteiger partial charge in [0.15, 0.2) is 23.0 Å². The number of phenolic OH excluding ortho intramolecular Hbond substituents is 1. The van der Waals surface area contributed by atoms with Gasteiger partial charge in [-0.15, -0.1) is 0 Å². The van der Waals surface area contributed by atoms with Crippen molar-refractivity contribution in [3.63, 3.8) is 0 Å². The number of carbonyl (C=O) groups excluding carboxylic acids is 3. The van der Waals surface area contributed by atoms with Crippen molar-refractivity contribution in [1.29, 1.82) is 0 Å². The molecule has 1 amide bonds. The van der Waals surface area contributed by atoms with Crippen molar-refractivity contribution in [1.82, 2.24) is 15.1 Å². The van der Waals surface area contributed by atoms with Crippen LogP contribution in [0.3, 0.4) is 0 Å². The number of hydrogen-bond acceptors (Lipinski definition) is 9. The number of rotatable bonds is 5. The van der Waals surface area contributed by atoms with E-state index in [-0.39, 0.29) is 59.2 Å². The highest BCUT2D eigenvalue weighted by molar-refractivity contribution is 6.25. The number of aryl methyl sites for hydroxylation is 1. The minimum absolute atomic E-state index is 0.0493. The molecule has 38 heavy (non-hydrogen) atoms. The van der Waals surface area contributed by atoms with Gasteiger partial charge in [0, 0.05) is 47.5 Å². The molecule has 0 saturated carbocycles. The molecule has 1 aromatic rings. The maximum absolute atomic E-state index is 13.7. The van der Waals surface area contributed by atoms with Crippen LogP contribution in [0.1, 0.15) is 43.0 Å². The molecule has 1 aliphatic carbocycles. The second kappa shape index (κ2) is 9.52. The molecule has 2 bridgehead atoms. The summed E-state index contributed by atoms with van der Waals surface area (Å²) < 4.78 is 10.9. The second-order valence-electron chi connectivity index (χ2n) is 10.8. The van der Waals surface area contributed by atoms with Crippen LogP contribution in [0.2, 0.25) is 0 Å². The number of amides is 1. The highest BCUT2D eigenvalue weighted by atomic mass is 16.5. The Morgan fingerprint density at radius 1 is 1.21 bits per heavy atom. The van der Waals surface area contributed by atoms with E-state index >= 15 is 0 Å². The number of allylic oxidation sites excluding steroid dienone is 2. The first-order valence-corrected chi connectivity index (χ1v) is 13.0. The largest absolute Gasteiger partial charge is 0.504 e. The van der Waals surface area contributed by atoms with E-state index in [0.717, 1.165) is 16.7 Å². The van der Waals surface area contributed by atoms with Crippen LogP contribution in [0.4, 0.5) is 0 Å². The van der Waals surface area contributed by atoms with Crippen LogP contribution >= 0.6 is 0 Å². The zero-order valence-electron chi connectivity index (χ0n) is 22.8. The molecule has 5 atom stereocenters. The van der Waals surface area contributed by atoms with Gasteiger partial charge in [-0.3, -0.25) is 24.2 Å². The smallest absolute Gasteiger partial charge is 0.236 e. The van der Waals surface area contributed by atoms with Crippen LogP contribution in [-0.2, 0) is 25.5 Å². The Morgan fingerprint density at radius 2 is 1.92 bits per heavy atom. The maximum Gasteiger partial charge on any atom is 0.236 e. The number of Topliss-reactive ketones (excluding diaryl/α,β-unsaturated/α-hetero) is 2. The van der Waals surface area contributed by atoms with Crippen LogP contribution in [0.25, 0.3) is 0 Å². The van der Waals surface area contributed by atoms with Gasteiger partial charge >= 0.3 is 0 Å². The van der Waals surface area contributed by atoms with Crippen molar-refractivity contribution in [3.05, 3.63) is 45.2 Å². The molecule has 3 heterocycles. The van der Waals surface area contributed by atoms with Crippen LogP contribution < -0.4 is 15.8 Å². The maximum atomic E-state index is 13.7. The van der Waals surface area contributed by atoms with Crippen LogP contribution in [0, 0.1) is 6.92 Å². The van der Waals surface area contributed by atoms with Gasteiger partial charge in [-0.05, 0) is 51.8 Å². The lowest BCUT2D eigenvalue weighted by atomic mass is 9.71. The molecule has 5 rings (SSSR count). The predicted octanol–water partition coefficient (Wildman–Crippen LogP) is 0.896. The Balaban J connectivity index is 1.65. The Bertz CT molecular complexity index is 1300. The summed E-state index contributed by atoms with van der Waals surface area (Å²) in [6.07, 6.45) is 1.05. The lowest BCUT2D eigenvalue weighted by Gasteiger charge is -2.58. The molecule has 0 spiro atoms. The third kappa shape index (κ3) is 3.77. The summed E-state index contributed by atoms with van der Waals surface area (Å²) in [5.41, 5.74) is 9.65. The lowest BCUT2D eigenvalue weighted by molar-refractivity contribution is -0.124. The highest BCUT2D eigenvalue weighted by Crippen LogP contribution is 2.52. The predicted molar refractivity (Wildman–Crippen MR) is 140 cm³/mol. The molecule has 0 aromatic heterocycles. The summed E-state index contributed by atoms with van der Waals surface area (Å²) in [4.78, 5) is 44.2. The fraction of sp³-hybridized carbons (Fsp3) is 0.536. The number of ketones is 2. The first-order valence-electron chi connectivity index (χ1n) is 13.0. The van der Waals surface area contributed by atoms with Crippen molar-refractivity contribution in [2.45, 2.75) is 63.8 Å². The van der Waals surface area contributed by atoms with Crippen LogP contribution in [0.5, 0.6) is 11.5 Å². The number of hydrogen-bond donors (Lipinski definition) is 3. The molecule has 204 valence electrons. The van der Waals surface area contributed by atoms with Gasteiger partial charge in [0.2, 0.25) is 11.7 Å². The molecule has 1 fully saturated rings. The topological polar surface area (TPSA) is 134 Å². The molecule has 10 heteroatoms. The Hall–Kier alpha value is -3.21. The molecule has 4 N–H and O–H groups in total. The number of likely N-dealkylation sites (N-methyl/N-ethyl adjacent to an activating group) is 1. The van der Waals surface area contributed by atoms with E-state index in [1.807, 2.05) is 14.0 Å². The zero-order valence-corrected chi connectivity index (χ0v) is 22.8. The van der Waals surface area contributed by atoms with Gasteiger partial charge in [0.25, 0.3) is 0 Å². The van der Waals surface area contributed by atoms with Gasteiger partial charge in [-0.2, -0.15) is 0 Å². The summed E-state index contributed by atoms with van der Waals surface area (Å²) in [5.74, 6) is -0.260. The number of nitrogens with zero attached hydrogens (tertiary/aromatic N) is 2. The van der Waals surface area contributed by atoms with Gasteiger partial charge in [0.1, 0.15) is 0 Å². The number of carbonyl (C=O) groups is 3. The fourth-order valence-electron chi connectivity index (χ4n) is 6.89. The number of ether oxygens (including phenoxy) is 2. The molecule has 0 unspecified atom stereocenters. The van der Waals surface area contributed by atoms with E-state index < -0.39 is 12.1 Å². The third-order valence-corrected chi connectivity index (χ3v) is 8.71. The number of fused-ring (bicyclic) bond motifs is 6. The minimum Gasteiger partial charge on any atom is -0.504 e. The Kier molecular flexibility index (Phi) is 6.61. The molecule has 4 aliphatic rings. The first-order chi connectivity index (χ1) is 18.0. The van der Waals surface area contributed by atoms with E-state index in [2.05, 4.69) is 21.2 Å². The molecule has 3 aliphatic heterocycles. The van der Waals surface area contributed by atoms with Gasteiger partial charge in [0.05, 0.1) is 32.3 Å². The highest BCUT2D eigenvalue weighted by Gasteiger charge is 2.54. The van der Waals surface area contributed by atoms with Crippen LogP contribution in [-0.4, -0.2) is 90.9 Å². The summed E-state index contributed by atoms with van der Waals surface area (Å²) in [6.45, 7) is 5.89. The number of nitrogens with one attached hydrogen (secondary N) is 1. The number of methoxy groups -OCH3 is 2. The van der Waals surface area contributed by atoms with Crippen molar-refractivity contribution in [2.75, 3.05) is 34.4 Å². The van der Waals surface area contributed by atoms with Crippen molar-refractivity contribution >= 4 is 17.5 Å². The van der Waals surface area contributed by atoms with Gasteiger partial charge in [-0.1, -0.05) is 6.07 Å². The van der Waals surface area contributed by atoms with Crippen molar-refractivity contribution in [2.24, 2.45) is 5.73 Å². The van der Waals surface area contributed by atoms with E-state index in [1.165, 1.54) is 7.11 Å². The SMILES string of the molecule is COC1=C(C)C(=O)C2=C(C1=O)[C@@H](CNC(=O)[C@H](C)N)N1C[C@H]3Cc4cc(C)c(OC)c(O)c4[C@@H]([C@H]1C2)N3C. The lowest BCUT2D eigenvalue weighted by Crippen LogP contribution is -2.67. The van der Waals surface area contributed by atoms with Gasteiger partial charge in [-0.25, -0.2) is 0 Å². The van der Waals surface area contributed by atoms with Gasteiger partial charge < -0.3 is 25.6 Å². The van der Waals surface area contributed by atoms with E-state index in [0.29, 0.717) is 36.3 Å². The quantitative estimate of drug-likeness (QED) is 0.480. The fourth-order valence-corrected chi connectivity index (χ4v) is 6.89. The molecule has 1 aromatic carbocycles. The third-order valence-electron chi connectivity index (χ3n) is 8.71. The average Bonchev–Trinajstić information content (AvgIpc) is 2.86. The number of phenols is 1. The van der Waals surface area contributed by atoms with E-state index in [1.54, 1.807) is 21.0 Å². The van der Waals surface area contributed by atoms with E-state index in [9.17, 15) is 19.5 Å². The molecule has 10 nitrogen and oxygen atoms in total. The molecule has 1 saturated heterocycles. The standard InChI is InChI=1S/C28H36N4O6/c1-12-7-15-8-16-11-32-18(22(31(16)4)20(15)24(34)26(12)37-5)9-17-21(19(32)10-30-28(36)14(3)29)25(35)27(38-6)13(2)23(17)33/h7,14,16,18-19,22,34H,8-11,29H2,1-6H3,(H,30,36)/t14-,16+,18+,19+,22+/m0/s1. The van der Waals surface area contributed by atoms with E-state index in [4.69, 9.17) is 15.2 Å². The van der Waals surface area contributed by atoms with Crippen molar-refractivity contribution in [3.8, 4) is 11.5 Å². The average molecular weight is 525 g/mol. The number of benzene rings is 1. The molecular formula is C28H36N4O6. The normalized spacial score (nSPS) is 28.0.